The van der Waals surface area contributed by atoms with Crippen LogP contribution in [0.2, 0.25) is 0 Å². The molecule has 7 heteroatoms. The molecule has 1 amide bonds. The number of rotatable bonds is 5. The van der Waals surface area contributed by atoms with E-state index in [0.717, 1.165) is 5.69 Å². The average Bonchev–Trinajstić information content (AvgIpc) is 2.60. The summed E-state index contributed by atoms with van der Waals surface area (Å²) in [5.41, 5.74) is 1.62. The molecule has 0 bridgehead atoms. The van der Waals surface area contributed by atoms with Gasteiger partial charge in [0.15, 0.2) is 5.71 Å². The van der Waals surface area contributed by atoms with Gasteiger partial charge in [-0.1, -0.05) is 23.4 Å². The maximum Gasteiger partial charge on any atom is 0.278 e. The van der Waals surface area contributed by atoms with E-state index in [2.05, 4.69) is 10.3 Å². The molecule has 2 rings (SSSR count). The van der Waals surface area contributed by atoms with Crippen LogP contribution in [0.3, 0.4) is 0 Å². The van der Waals surface area contributed by atoms with E-state index >= 15 is 0 Å². The first-order valence-electron chi connectivity index (χ1n) is 7.46. The molecular formula is C16H22N4O3. The summed E-state index contributed by atoms with van der Waals surface area (Å²) in [6, 6.07) is 9.68. The van der Waals surface area contributed by atoms with E-state index in [1.54, 1.807) is 16.8 Å². The maximum atomic E-state index is 12.6. The molecule has 0 aromatic heterocycles. The highest BCUT2D eigenvalue weighted by atomic mass is 16.6. The van der Waals surface area contributed by atoms with Gasteiger partial charge >= 0.3 is 0 Å². The molecule has 124 valence electrons. The number of hydrogen-bond acceptors (Lipinski definition) is 6. The number of nitrogens with zero attached hydrogens (tertiary/aromatic N) is 4. The van der Waals surface area contributed by atoms with Gasteiger partial charge in [-0.05, 0) is 19.1 Å². The topological polar surface area (TPSA) is 66.7 Å². The van der Waals surface area contributed by atoms with E-state index in [4.69, 9.17) is 9.57 Å². The highest BCUT2D eigenvalue weighted by Gasteiger charge is 2.25. The molecule has 23 heavy (non-hydrogen) atoms. The van der Waals surface area contributed by atoms with Gasteiger partial charge in [-0.3, -0.25) is 9.80 Å². The fraction of sp³-hybridized carbons (Fsp3) is 0.438. The standard InChI is InChI=1S/C16H22N4O3/c1-13(17-19(2)14-7-5-4-6-8-14)15(18-22-3)16(21)20-9-11-23-12-10-20/h4-8H,9-12H2,1-3H3/b17-13+,18-15+. The lowest BCUT2D eigenvalue weighted by atomic mass is 10.2. The van der Waals surface area contributed by atoms with Gasteiger partial charge in [0.05, 0.1) is 24.6 Å². The molecule has 1 aliphatic rings. The summed E-state index contributed by atoms with van der Waals surface area (Å²) in [6.45, 7) is 3.90. The van der Waals surface area contributed by atoms with E-state index in [1.807, 2.05) is 37.4 Å². The van der Waals surface area contributed by atoms with Gasteiger partial charge in [0.1, 0.15) is 7.11 Å². The molecule has 0 radical (unpaired) electrons. The monoisotopic (exact) mass is 318 g/mol. The Kier molecular flexibility index (Phi) is 6.10. The Bertz CT molecular complexity index is 580. The van der Waals surface area contributed by atoms with Crippen LogP contribution in [0.5, 0.6) is 0 Å². The summed E-state index contributed by atoms with van der Waals surface area (Å²) in [4.78, 5) is 19.1. The number of anilines is 1. The van der Waals surface area contributed by atoms with Crippen molar-refractivity contribution in [1.82, 2.24) is 4.90 Å². The fourth-order valence-corrected chi connectivity index (χ4v) is 2.24. The van der Waals surface area contributed by atoms with Crippen molar-refractivity contribution in [2.75, 3.05) is 45.5 Å². The molecule has 0 unspecified atom stereocenters. The lowest BCUT2D eigenvalue weighted by Crippen LogP contribution is -2.46. The van der Waals surface area contributed by atoms with Gasteiger partial charge in [-0.2, -0.15) is 5.10 Å². The van der Waals surface area contributed by atoms with Crippen LogP contribution in [-0.4, -0.2) is 62.7 Å². The minimum absolute atomic E-state index is 0.196. The van der Waals surface area contributed by atoms with Gasteiger partial charge in [0.2, 0.25) is 0 Å². The lowest BCUT2D eigenvalue weighted by molar-refractivity contribution is -0.127. The zero-order valence-corrected chi connectivity index (χ0v) is 13.7. The number of benzene rings is 1. The normalized spacial score (nSPS) is 16.2. The van der Waals surface area contributed by atoms with Crippen molar-refractivity contribution in [3.63, 3.8) is 0 Å². The third kappa shape index (κ3) is 4.53. The lowest BCUT2D eigenvalue weighted by Gasteiger charge is -2.27. The van der Waals surface area contributed by atoms with Crippen LogP contribution in [0.1, 0.15) is 6.92 Å². The van der Waals surface area contributed by atoms with E-state index < -0.39 is 0 Å². The molecule has 7 nitrogen and oxygen atoms in total. The molecule has 0 N–H and O–H groups in total. The third-order valence-corrected chi connectivity index (χ3v) is 3.46. The number of amides is 1. The average molecular weight is 318 g/mol. The molecule has 0 aliphatic carbocycles. The number of ether oxygens (including phenoxy) is 1. The Balaban J connectivity index is 2.17. The Morgan fingerprint density at radius 1 is 1.26 bits per heavy atom. The second kappa shape index (κ2) is 8.28. The number of hydrazone groups is 1. The molecule has 1 fully saturated rings. The van der Waals surface area contributed by atoms with Crippen LogP contribution in [0.25, 0.3) is 0 Å². The smallest absolute Gasteiger partial charge is 0.278 e. The van der Waals surface area contributed by atoms with Crippen molar-refractivity contribution in [2.45, 2.75) is 6.92 Å². The molecule has 0 spiro atoms. The molecule has 1 aliphatic heterocycles. The highest BCUT2D eigenvalue weighted by Crippen LogP contribution is 2.11. The summed E-state index contributed by atoms with van der Waals surface area (Å²) >= 11 is 0. The predicted molar refractivity (Wildman–Crippen MR) is 89.8 cm³/mol. The predicted octanol–water partition coefficient (Wildman–Crippen LogP) is 1.36. The van der Waals surface area contributed by atoms with Gasteiger partial charge < -0.3 is 14.5 Å². The molecule has 0 atom stereocenters. The first-order valence-corrected chi connectivity index (χ1v) is 7.46. The zero-order chi connectivity index (χ0) is 16.7. The van der Waals surface area contributed by atoms with E-state index in [-0.39, 0.29) is 11.6 Å². The Morgan fingerprint density at radius 2 is 1.91 bits per heavy atom. The van der Waals surface area contributed by atoms with Crippen LogP contribution < -0.4 is 5.01 Å². The van der Waals surface area contributed by atoms with Gasteiger partial charge in [-0.15, -0.1) is 0 Å². The quantitative estimate of drug-likeness (QED) is 0.607. The van der Waals surface area contributed by atoms with Crippen molar-refractivity contribution in [2.24, 2.45) is 10.3 Å². The van der Waals surface area contributed by atoms with Crippen LogP contribution in [0.4, 0.5) is 5.69 Å². The minimum Gasteiger partial charge on any atom is -0.398 e. The molecule has 1 heterocycles. The third-order valence-electron chi connectivity index (χ3n) is 3.46. The number of carbonyl (C=O) groups excluding carboxylic acids is 1. The maximum absolute atomic E-state index is 12.6. The number of para-hydroxylation sites is 1. The Morgan fingerprint density at radius 3 is 2.52 bits per heavy atom. The van der Waals surface area contributed by atoms with Crippen molar-refractivity contribution < 1.29 is 14.4 Å². The summed E-state index contributed by atoms with van der Waals surface area (Å²) < 4.78 is 5.27. The first-order chi connectivity index (χ1) is 11.1. The summed E-state index contributed by atoms with van der Waals surface area (Å²) in [7, 11) is 3.24. The van der Waals surface area contributed by atoms with Gasteiger partial charge in [0.25, 0.3) is 5.91 Å². The van der Waals surface area contributed by atoms with Gasteiger partial charge in [-0.25, -0.2) is 0 Å². The largest absolute Gasteiger partial charge is 0.398 e. The highest BCUT2D eigenvalue weighted by molar-refractivity contribution is 6.66. The molecule has 1 saturated heterocycles. The molecular weight excluding hydrogens is 296 g/mol. The number of morpholine rings is 1. The number of carbonyl (C=O) groups is 1. The summed E-state index contributed by atoms with van der Waals surface area (Å²) in [5.74, 6) is -0.196. The van der Waals surface area contributed by atoms with Crippen molar-refractivity contribution >= 4 is 23.0 Å². The van der Waals surface area contributed by atoms with Crippen molar-refractivity contribution in [1.29, 1.82) is 0 Å². The van der Waals surface area contributed by atoms with Crippen molar-refractivity contribution in [3.05, 3.63) is 30.3 Å². The second-order valence-electron chi connectivity index (χ2n) is 5.07. The molecule has 0 saturated carbocycles. The second-order valence-corrected chi connectivity index (χ2v) is 5.07. The SMILES string of the molecule is CO/N=C(C(=O)N1CCOCC1)\C(C)=N\N(C)c1ccccc1. The van der Waals surface area contributed by atoms with Crippen LogP contribution >= 0.6 is 0 Å². The van der Waals surface area contributed by atoms with Crippen LogP contribution in [0, 0.1) is 0 Å². The summed E-state index contributed by atoms with van der Waals surface area (Å²) in [5, 5.41) is 10.0. The summed E-state index contributed by atoms with van der Waals surface area (Å²) in [6.07, 6.45) is 0. The molecule has 1 aromatic carbocycles. The van der Waals surface area contributed by atoms with E-state index in [0.29, 0.717) is 32.0 Å². The minimum atomic E-state index is -0.196. The molecule has 1 aromatic rings. The fourth-order valence-electron chi connectivity index (χ4n) is 2.24. The van der Waals surface area contributed by atoms with E-state index in [1.165, 1.54) is 7.11 Å². The van der Waals surface area contributed by atoms with Crippen LogP contribution in [-0.2, 0) is 14.4 Å². The van der Waals surface area contributed by atoms with Crippen LogP contribution in [0.15, 0.2) is 40.6 Å². The Hall–Kier alpha value is -2.41. The Labute approximate surface area is 136 Å². The number of oxime groups is 1. The van der Waals surface area contributed by atoms with E-state index in [9.17, 15) is 4.79 Å². The number of hydrogen-bond donors (Lipinski definition) is 0. The first kappa shape index (κ1) is 17.0. The van der Waals surface area contributed by atoms with Gasteiger partial charge in [0, 0.05) is 20.1 Å². The zero-order valence-electron chi connectivity index (χ0n) is 13.7. The van der Waals surface area contributed by atoms with Crippen molar-refractivity contribution in [3.8, 4) is 0 Å².